The van der Waals surface area contributed by atoms with Gasteiger partial charge < -0.3 is 9.47 Å². The maximum Gasteiger partial charge on any atom is 0.414 e. The molecule has 1 heterocycles. The number of amides is 1. The van der Waals surface area contributed by atoms with Crippen LogP contribution < -0.4 is 10.1 Å². The van der Waals surface area contributed by atoms with Gasteiger partial charge in [0, 0.05) is 5.92 Å². The zero-order chi connectivity index (χ0) is 17.9. The van der Waals surface area contributed by atoms with E-state index in [-0.39, 0.29) is 24.5 Å². The Balaban J connectivity index is 1.45. The number of anilines is 1. The number of benzene rings is 2. The smallest absolute Gasteiger partial charge is 0.414 e. The molecule has 0 saturated heterocycles. The van der Waals surface area contributed by atoms with Crippen LogP contribution in [0.1, 0.15) is 24.0 Å². The van der Waals surface area contributed by atoms with Crippen LogP contribution in [0.5, 0.6) is 6.01 Å². The van der Waals surface area contributed by atoms with Gasteiger partial charge in [-0.3, -0.25) is 5.32 Å². The average Bonchev–Trinajstić information content (AvgIpc) is 3.23. The van der Waals surface area contributed by atoms with Gasteiger partial charge in [-0.25, -0.2) is 9.89 Å². The molecular formula is C19H18N4O3. The molecule has 2 N–H and O–H groups in total. The zero-order valence-corrected chi connectivity index (χ0v) is 14.2. The van der Waals surface area contributed by atoms with E-state index >= 15 is 0 Å². The minimum Gasteiger partial charge on any atom is -0.463 e. The molecule has 3 aromatic rings. The molecule has 1 amide bonds. The molecular weight excluding hydrogens is 332 g/mol. The third-order valence-electron chi connectivity index (χ3n) is 4.30. The molecule has 7 nitrogen and oxygen atoms in total. The zero-order valence-electron chi connectivity index (χ0n) is 14.2. The van der Waals surface area contributed by atoms with Crippen LogP contribution >= 0.6 is 0 Å². The fourth-order valence-corrected chi connectivity index (χ4v) is 3.23. The van der Waals surface area contributed by atoms with Crippen LogP contribution in [-0.4, -0.2) is 34.5 Å². The molecule has 0 spiro atoms. The molecule has 0 atom stereocenters. The Bertz CT molecular complexity index is 892. The SMILES string of the molecule is CCOc1n[nH]c(NC(=O)OCC2c3ccccc3-c3ccccc32)n1. The number of aromatic nitrogens is 3. The first-order valence-corrected chi connectivity index (χ1v) is 8.43. The van der Waals surface area contributed by atoms with Crippen molar-refractivity contribution in [3.63, 3.8) is 0 Å². The van der Waals surface area contributed by atoms with Gasteiger partial charge in [0.15, 0.2) is 0 Å². The van der Waals surface area contributed by atoms with Crippen molar-refractivity contribution in [2.75, 3.05) is 18.5 Å². The lowest BCUT2D eigenvalue weighted by molar-refractivity contribution is 0.158. The molecule has 0 bridgehead atoms. The predicted molar refractivity (Wildman–Crippen MR) is 96.2 cm³/mol. The van der Waals surface area contributed by atoms with Crippen molar-refractivity contribution in [3.8, 4) is 17.1 Å². The third kappa shape index (κ3) is 2.99. The van der Waals surface area contributed by atoms with E-state index in [1.165, 1.54) is 22.3 Å². The van der Waals surface area contributed by atoms with Crippen LogP contribution in [0.25, 0.3) is 11.1 Å². The molecule has 1 aliphatic rings. The average molecular weight is 350 g/mol. The summed E-state index contributed by atoms with van der Waals surface area (Å²) in [6, 6.07) is 16.6. The van der Waals surface area contributed by atoms with E-state index in [2.05, 4.69) is 44.8 Å². The lowest BCUT2D eigenvalue weighted by atomic mass is 9.98. The summed E-state index contributed by atoms with van der Waals surface area (Å²) < 4.78 is 10.6. The van der Waals surface area contributed by atoms with Gasteiger partial charge in [0.2, 0.25) is 5.95 Å². The summed E-state index contributed by atoms with van der Waals surface area (Å²) >= 11 is 0. The molecule has 0 saturated carbocycles. The molecule has 1 aromatic heterocycles. The van der Waals surface area contributed by atoms with Crippen molar-refractivity contribution < 1.29 is 14.3 Å². The molecule has 0 unspecified atom stereocenters. The monoisotopic (exact) mass is 350 g/mol. The van der Waals surface area contributed by atoms with Gasteiger partial charge in [0.1, 0.15) is 6.61 Å². The van der Waals surface area contributed by atoms with Crippen LogP contribution in [-0.2, 0) is 4.74 Å². The number of nitrogens with one attached hydrogen (secondary N) is 2. The minimum atomic E-state index is -0.592. The van der Waals surface area contributed by atoms with Crippen LogP contribution in [0.2, 0.25) is 0 Å². The van der Waals surface area contributed by atoms with E-state index < -0.39 is 6.09 Å². The number of hydrogen-bond donors (Lipinski definition) is 2. The molecule has 4 rings (SSSR count). The summed E-state index contributed by atoms with van der Waals surface area (Å²) in [4.78, 5) is 16.1. The van der Waals surface area contributed by atoms with Crippen molar-refractivity contribution in [2.24, 2.45) is 0 Å². The highest BCUT2D eigenvalue weighted by molar-refractivity contribution is 5.83. The Morgan fingerprint density at radius 3 is 2.42 bits per heavy atom. The summed E-state index contributed by atoms with van der Waals surface area (Å²) in [5.41, 5.74) is 4.71. The number of hydrogen-bond acceptors (Lipinski definition) is 5. The Morgan fingerprint density at radius 2 is 1.77 bits per heavy atom. The lowest BCUT2D eigenvalue weighted by Gasteiger charge is -2.14. The van der Waals surface area contributed by atoms with Gasteiger partial charge in [-0.05, 0) is 29.2 Å². The molecule has 7 heteroatoms. The van der Waals surface area contributed by atoms with Crippen molar-refractivity contribution in [1.29, 1.82) is 0 Å². The summed E-state index contributed by atoms with van der Waals surface area (Å²) in [6.45, 7) is 2.52. The first-order chi connectivity index (χ1) is 12.8. The van der Waals surface area contributed by atoms with E-state index in [4.69, 9.17) is 9.47 Å². The molecule has 1 aliphatic carbocycles. The molecule has 26 heavy (non-hydrogen) atoms. The van der Waals surface area contributed by atoms with E-state index in [0.29, 0.717) is 6.61 Å². The molecule has 0 fully saturated rings. The second-order valence-corrected chi connectivity index (χ2v) is 5.85. The first kappa shape index (κ1) is 16.1. The predicted octanol–water partition coefficient (Wildman–Crippen LogP) is 3.56. The number of H-pyrrole nitrogens is 1. The van der Waals surface area contributed by atoms with Gasteiger partial charge in [-0.2, -0.15) is 4.98 Å². The number of aromatic amines is 1. The van der Waals surface area contributed by atoms with Crippen molar-refractivity contribution in [1.82, 2.24) is 15.2 Å². The fourth-order valence-electron chi connectivity index (χ4n) is 3.23. The van der Waals surface area contributed by atoms with Gasteiger partial charge in [0.05, 0.1) is 6.61 Å². The van der Waals surface area contributed by atoms with E-state index in [9.17, 15) is 4.79 Å². The quantitative estimate of drug-likeness (QED) is 0.734. The Kier molecular flexibility index (Phi) is 4.27. The van der Waals surface area contributed by atoms with Crippen LogP contribution in [0.3, 0.4) is 0 Å². The summed E-state index contributed by atoms with van der Waals surface area (Å²) in [5, 5.41) is 8.93. The highest BCUT2D eigenvalue weighted by atomic mass is 16.5. The van der Waals surface area contributed by atoms with E-state index in [1.807, 2.05) is 31.2 Å². The third-order valence-corrected chi connectivity index (χ3v) is 4.30. The molecule has 132 valence electrons. The number of fused-ring (bicyclic) bond motifs is 3. The number of rotatable bonds is 5. The van der Waals surface area contributed by atoms with Gasteiger partial charge in [-0.1, -0.05) is 48.5 Å². The summed E-state index contributed by atoms with van der Waals surface area (Å²) in [7, 11) is 0. The van der Waals surface area contributed by atoms with Crippen molar-refractivity contribution in [2.45, 2.75) is 12.8 Å². The van der Waals surface area contributed by atoms with E-state index in [0.717, 1.165) is 0 Å². The molecule has 0 radical (unpaired) electrons. The van der Waals surface area contributed by atoms with Gasteiger partial charge >= 0.3 is 12.1 Å². The van der Waals surface area contributed by atoms with Gasteiger partial charge in [-0.15, -0.1) is 5.10 Å². The Labute approximate surface area is 150 Å². The standard InChI is InChI=1S/C19H18N4O3/c1-2-25-18-20-17(22-23-18)21-19(24)26-11-16-14-9-5-3-7-12(14)13-8-4-6-10-15(13)16/h3-10,16H,2,11H2,1H3,(H2,20,21,22,23,24). The largest absolute Gasteiger partial charge is 0.463 e. The minimum absolute atomic E-state index is 0.0156. The second-order valence-electron chi connectivity index (χ2n) is 5.85. The Hall–Kier alpha value is -3.35. The summed E-state index contributed by atoms with van der Waals surface area (Å²) in [6.07, 6.45) is -0.592. The fraction of sp³-hybridized carbons (Fsp3) is 0.211. The number of ether oxygens (including phenoxy) is 2. The molecule has 0 aliphatic heterocycles. The first-order valence-electron chi connectivity index (χ1n) is 8.43. The van der Waals surface area contributed by atoms with Crippen LogP contribution in [0.15, 0.2) is 48.5 Å². The summed E-state index contributed by atoms with van der Waals surface area (Å²) in [5.74, 6) is 0.201. The van der Waals surface area contributed by atoms with Crippen LogP contribution in [0.4, 0.5) is 10.7 Å². The highest BCUT2D eigenvalue weighted by Crippen LogP contribution is 2.44. The lowest BCUT2D eigenvalue weighted by Crippen LogP contribution is -2.18. The second kappa shape index (κ2) is 6.87. The van der Waals surface area contributed by atoms with E-state index in [1.54, 1.807) is 0 Å². The topological polar surface area (TPSA) is 89.1 Å². The number of nitrogens with zero attached hydrogens (tertiary/aromatic N) is 2. The number of carbonyl (C=O) groups is 1. The van der Waals surface area contributed by atoms with Gasteiger partial charge in [0.25, 0.3) is 0 Å². The van der Waals surface area contributed by atoms with Crippen LogP contribution in [0, 0.1) is 0 Å². The highest BCUT2D eigenvalue weighted by Gasteiger charge is 2.29. The normalized spacial score (nSPS) is 12.3. The van der Waals surface area contributed by atoms with Crippen molar-refractivity contribution in [3.05, 3.63) is 59.7 Å². The maximum absolute atomic E-state index is 12.1. The maximum atomic E-state index is 12.1. The van der Waals surface area contributed by atoms with Crippen molar-refractivity contribution >= 4 is 12.0 Å². The Morgan fingerprint density at radius 1 is 1.12 bits per heavy atom. The molecule has 2 aromatic carbocycles. The number of carbonyl (C=O) groups excluding carboxylic acids is 1.